The van der Waals surface area contributed by atoms with Gasteiger partial charge in [0, 0.05) is 31.4 Å². The fourth-order valence-corrected chi connectivity index (χ4v) is 4.85. The van der Waals surface area contributed by atoms with Gasteiger partial charge in [0.2, 0.25) is 5.43 Å². The summed E-state index contributed by atoms with van der Waals surface area (Å²) in [5, 5.41) is 46.5. The van der Waals surface area contributed by atoms with Gasteiger partial charge in [0.15, 0.2) is 17.2 Å². The Bertz CT molecular complexity index is 1400. The molecule has 2 fully saturated rings. The van der Waals surface area contributed by atoms with Gasteiger partial charge in [0.1, 0.15) is 11.3 Å². The molecule has 14 nitrogen and oxygen atoms in total. The number of fused-ring (bicyclic) bond motifs is 1. The van der Waals surface area contributed by atoms with E-state index in [2.05, 4.69) is 5.32 Å². The average molecular weight is 582 g/mol. The van der Waals surface area contributed by atoms with Crippen LogP contribution in [0.5, 0.6) is 5.75 Å². The highest BCUT2D eigenvalue weighted by Gasteiger charge is 2.41. The molecule has 2 heterocycles. The number of aliphatic carboxylic acids is 3. The van der Waals surface area contributed by atoms with Gasteiger partial charge in [-0.25, -0.2) is 14.0 Å². The van der Waals surface area contributed by atoms with Crippen molar-refractivity contribution in [1.29, 1.82) is 0 Å². The molecule has 1 aliphatic carbocycles. The number of nitrogens with zero attached hydrogens (tertiary/aromatic N) is 2. The van der Waals surface area contributed by atoms with Crippen LogP contribution in [0, 0.1) is 5.82 Å². The number of likely N-dealkylation sites (N-methyl/N-ethyl adjacent to an activating group) is 1. The monoisotopic (exact) mass is 581 g/mol. The van der Waals surface area contributed by atoms with E-state index in [4.69, 9.17) is 25.2 Å². The molecule has 1 saturated carbocycles. The minimum atomic E-state index is -2.74. The molecule has 0 radical (unpaired) electrons. The van der Waals surface area contributed by atoms with E-state index < -0.39 is 53.6 Å². The van der Waals surface area contributed by atoms with Gasteiger partial charge in [-0.1, -0.05) is 0 Å². The molecule has 1 aromatic carbocycles. The largest absolute Gasteiger partial charge is 0.492 e. The SMILES string of the molecule is CNC1CCCN(c2c(F)cc3c(=O)c(C(=O)O)cn(C4CC4)c3c2OC)C1.O=C(O)CC(O)(CC(=O)O)C(=O)O. The Morgan fingerprint density at radius 2 is 1.71 bits per heavy atom. The summed E-state index contributed by atoms with van der Waals surface area (Å²) in [7, 11) is 3.35. The second-order valence-corrected chi connectivity index (χ2v) is 10.0. The van der Waals surface area contributed by atoms with Gasteiger partial charge >= 0.3 is 23.9 Å². The second-order valence-electron chi connectivity index (χ2n) is 10.0. The van der Waals surface area contributed by atoms with Crippen LogP contribution in [0.2, 0.25) is 0 Å². The van der Waals surface area contributed by atoms with E-state index in [9.17, 15) is 29.1 Å². The molecule has 1 saturated heterocycles. The van der Waals surface area contributed by atoms with Gasteiger partial charge in [0.05, 0.1) is 30.9 Å². The molecule has 0 bridgehead atoms. The number of aromatic carboxylic acids is 1. The highest BCUT2D eigenvalue weighted by Crippen LogP contribution is 2.44. The molecule has 0 amide bonds. The van der Waals surface area contributed by atoms with E-state index in [0.29, 0.717) is 30.0 Å². The molecular formula is C26H32FN3O11. The number of carboxylic acid groups (broad SMARTS) is 4. The number of ether oxygens (including phenoxy) is 1. The van der Waals surface area contributed by atoms with Crippen LogP contribution in [0.3, 0.4) is 0 Å². The Kier molecular flexibility index (Phi) is 9.55. The van der Waals surface area contributed by atoms with Crippen LogP contribution in [0.1, 0.15) is 54.9 Å². The molecule has 0 spiro atoms. The van der Waals surface area contributed by atoms with Crippen molar-refractivity contribution in [2.24, 2.45) is 0 Å². The molecular weight excluding hydrogens is 549 g/mol. The standard InChI is InChI=1S/C20H24FN3O4.C6H8O7/c1-22-11-4-3-7-23(9-11)17-15(21)8-13-16(19(17)28-2)24(12-5-6-12)10-14(18(13)25)20(26)27;7-3(8)1-6(13,5(11)12)2-4(9)10/h8,10-12,22H,3-7,9H2,1-2H3,(H,26,27);13H,1-2H2,(H,7,8)(H,9,10)(H,11,12). The second kappa shape index (κ2) is 12.5. The number of hydrogen-bond acceptors (Lipinski definition) is 9. The lowest BCUT2D eigenvalue weighted by molar-refractivity contribution is -0.170. The van der Waals surface area contributed by atoms with Crippen LogP contribution in [-0.4, -0.2) is 92.9 Å². The zero-order valence-corrected chi connectivity index (χ0v) is 22.4. The maximum atomic E-state index is 15.2. The van der Waals surface area contributed by atoms with Crippen LogP contribution >= 0.6 is 0 Å². The number of rotatable bonds is 10. The van der Waals surface area contributed by atoms with Crippen molar-refractivity contribution in [2.45, 2.75) is 56.2 Å². The molecule has 1 atom stereocenters. The number of methoxy groups -OCH3 is 1. The number of hydrogen-bond donors (Lipinski definition) is 6. The van der Waals surface area contributed by atoms with E-state index in [0.717, 1.165) is 25.7 Å². The third-order valence-electron chi connectivity index (χ3n) is 7.00. The van der Waals surface area contributed by atoms with Gasteiger partial charge in [-0.15, -0.1) is 0 Å². The molecule has 1 unspecified atom stereocenters. The number of piperidine rings is 1. The lowest BCUT2D eigenvalue weighted by atomic mass is 9.96. The predicted octanol–water partition coefficient (Wildman–Crippen LogP) is 1.12. The van der Waals surface area contributed by atoms with Crippen molar-refractivity contribution in [3.05, 3.63) is 33.9 Å². The molecule has 4 rings (SSSR count). The summed E-state index contributed by atoms with van der Waals surface area (Å²) < 4.78 is 22.6. The summed E-state index contributed by atoms with van der Waals surface area (Å²) in [5.74, 6) is -6.59. The van der Waals surface area contributed by atoms with Crippen LogP contribution < -0.4 is 20.4 Å². The lowest BCUT2D eigenvalue weighted by Crippen LogP contribution is -2.45. The number of carbonyl (C=O) groups is 4. The highest BCUT2D eigenvalue weighted by atomic mass is 19.1. The highest BCUT2D eigenvalue weighted by molar-refractivity contribution is 5.97. The van der Waals surface area contributed by atoms with Crippen molar-refractivity contribution < 1.29 is 53.8 Å². The Morgan fingerprint density at radius 1 is 1.10 bits per heavy atom. The van der Waals surface area contributed by atoms with E-state index in [1.54, 1.807) is 4.57 Å². The minimum Gasteiger partial charge on any atom is -0.492 e. The Balaban J connectivity index is 0.000000302. The Hall–Kier alpha value is -4.24. The normalized spacial score (nSPS) is 17.0. The third kappa shape index (κ3) is 6.92. The van der Waals surface area contributed by atoms with E-state index in [-0.39, 0.29) is 23.0 Å². The van der Waals surface area contributed by atoms with E-state index in [1.165, 1.54) is 19.4 Å². The van der Waals surface area contributed by atoms with Gasteiger partial charge in [-0.05, 0) is 38.8 Å². The number of benzene rings is 1. The maximum absolute atomic E-state index is 15.2. The summed E-state index contributed by atoms with van der Waals surface area (Å²) in [6, 6.07) is 1.51. The molecule has 15 heteroatoms. The number of anilines is 1. The quantitative estimate of drug-likeness (QED) is 0.232. The number of nitrogens with one attached hydrogen (secondary N) is 1. The van der Waals surface area contributed by atoms with Crippen molar-refractivity contribution in [3.8, 4) is 5.75 Å². The van der Waals surface area contributed by atoms with Gasteiger partial charge in [-0.2, -0.15) is 0 Å². The first-order valence-electron chi connectivity index (χ1n) is 12.7. The molecule has 1 aliphatic heterocycles. The van der Waals surface area contributed by atoms with Crippen LogP contribution in [0.15, 0.2) is 17.1 Å². The van der Waals surface area contributed by atoms with Crippen LogP contribution in [-0.2, 0) is 14.4 Å². The number of aromatic nitrogens is 1. The van der Waals surface area contributed by atoms with Gasteiger partial charge in [0.25, 0.3) is 0 Å². The zero-order valence-electron chi connectivity index (χ0n) is 22.4. The summed E-state index contributed by atoms with van der Waals surface area (Å²) in [6.45, 7) is 1.33. The first-order valence-corrected chi connectivity index (χ1v) is 12.7. The minimum absolute atomic E-state index is 0.0482. The van der Waals surface area contributed by atoms with Crippen molar-refractivity contribution in [2.75, 3.05) is 32.1 Å². The molecule has 224 valence electrons. The zero-order chi connectivity index (χ0) is 30.6. The summed E-state index contributed by atoms with van der Waals surface area (Å²) in [6.07, 6.45) is 2.79. The first-order chi connectivity index (χ1) is 19.2. The Labute approximate surface area is 232 Å². The van der Waals surface area contributed by atoms with Gasteiger partial charge < -0.3 is 45.1 Å². The first kappa shape index (κ1) is 31.3. The average Bonchev–Trinajstić information content (AvgIpc) is 3.73. The lowest BCUT2D eigenvalue weighted by Gasteiger charge is -2.35. The molecule has 6 N–H and O–H groups in total. The molecule has 2 aliphatic rings. The fourth-order valence-electron chi connectivity index (χ4n) is 4.85. The van der Waals surface area contributed by atoms with Gasteiger partial charge in [-0.3, -0.25) is 14.4 Å². The maximum Gasteiger partial charge on any atom is 0.341 e. The van der Waals surface area contributed by atoms with Crippen molar-refractivity contribution in [3.63, 3.8) is 0 Å². The fraction of sp³-hybridized carbons (Fsp3) is 0.500. The number of halogens is 1. The number of aliphatic hydroxyl groups is 1. The Morgan fingerprint density at radius 3 is 2.17 bits per heavy atom. The summed E-state index contributed by atoms with van der Waals surface area (Å²) in [4.78, 5) is 56.7. The molecule has 1 aromatic heterocycles. The third-order valence-corrected chi connectivity index (χ3v) is 7.00. The predicted molar refractivity (Wildman–Crippen MR) is 141 cm³/mol. The van der Waals surface area contributed by atoms with Crippen molar-refractivity contribution in [1.82, 2.24) is 9.88 Å². The van der Waals surface area contributed by atoms with Crippen LogP contribution in [0.25, 0.3) is 10.9 Å². The van der Waals surface area contributed by atoms with Crippen molar-refractivity contribution >= 4 is 40.5 Å². The molecule has 2 aromatic rings. The number of carboxylic acids is 4. The number of pyridine rings is 1. The smallest absolute Gasteiger partial charge is 0.341 e. The van der Waals surface area contributed by atoms with E-state index >= 15 is 4.39 Å². The topological polar surface area (TPSA) is 216 Å². The summed E-state index contributed by atoms with van der Waals surface area (Å²) in [5.41, 5.74) is -2.95. The molecule has 41 heavy (non-hydrogen) atoms. The van der Waals surface area contributed by atoms with Crippen LogP contribution in [0.4, 0.5) is 10.1 Å². The summed E-state index contributed by atoms with van der Waals surface area (Å²) >= 11 is 0. The van der Waals surface area contributed by atoms with E-state index in [1.807, 2.05) is 11.9 Å².